The number of ether oxygens (including phenoxy) is 1. The number of nitrogens with one attached hydrogen (secondary N) is 1. The van der Waals surface area contributed by atoms with E-state index in [2.05, 4.69) is 5.32 Å². The molecular formula is C18H19NO2. The number of hydrogen-bond acceptors (Lipinski definition) is 2. The van der Waals surface area contributed by atoms with Crippen LogP contribution in [0.2, 0.25) is 0 Å². The SMILES string of the molecule is O=C(NCC1CC1)c1cccc(OCc2ccccc2)c1. The minimum absolute atomic E-state index is 0.0212. The highest BCUT2D eigenvalue weighted by Crippen LogP contribution is 2.27. The average molecular weight is 281 g/mol. The lowest BCUT2D eigenvalue weighted by atomic mass is 10.2. The first kappa shape index (κ1) is 13.7. The number of carbonyl (C=O) groups excluding carboxylic acids is 1. The van der Waals surface area contributed by atoms with Crippen molar-refractivity contribution in [2.45, 2.75) is 19.4 Å². The quantitative estimate of drug-likeness (QED) is 0.881. The van der Waals surface area contributed by atoms with E-state index < -0.39 is 0 Å². The van der Waals surface area contributed by atoms with E-state index in [1.807, 2.05) is 48.5 Å². The summed E-state index contributed by atoms with van der Waals surface area (Å²) in [6, 6.07) is 17.3. The maximum absolute atomic E-state index is 12.0. The molecule has 0 heterocycles. The van der Waals surface area contributed by atoms with Crippen molar-refractivity contribution < 1.29 is 9.53 Å². The van der Waals surface area contributed by atoms with Crippen molar-refractivity contribution in [2.75, 3.05) is 6.54 Å². The Kier molecular flexibility index (Phi) is 4.20. The van der Waals surface area contributed by atoms with Crippen LogP contribution in [0.4, 0.5) is 0 Å². The summed E-state index contributed by atoms with van der Waals surface area (Å²) in [6.07, 6.45) is 2.47. The van der Waals surface area contributed by atoms with Crippen LogP contribution in [0.15, 0.2) is 54.6 Å². The Bertz CT molecular complexity index is 606. The first-order valence-electron chi connectivity index (χ1n) is 7.36. The fourth-order valence-electron chi connectivity index (χ4n) is 2.13. The largest absolute Gasteiger partial charge is 0.489 e. The molecule has 0 aliphatic heterocycles. The van der Waals surface area contributed by atoms with Crippen LogP contribution in [-0.2, 0) is 6.61 Å². The minimum Gasteiger partial charge on any atom is -0.489 e. The van der Waals surface area contributed by atoms with Gasteiger partial charge >= 0.3 is 0 Å². The molecule has 0 atom stereocenters. The molecular weight excluding hydrogens is 262 g/mol. The van der Waals surface area contributed by atoms with E-state index in [-0.39, 0.29) is 5.91 Å². The number of amides is 1. The second-order valence-electron chi connectivity index (χ2n) is 5.46. The van der Waals surface area contributed by atoms with Crippen molar-refractivity contribution in [1.29, 1.82) is 0 Å². The van der Waals surface area contributed by atoms with Gasteiger partial charge in [0.05, 0.1) is 0 Å². The molecule has 1 aliphatic rings. The molecule has 2 aromatic carbocycles. The van der Waals surface area contributed by atoms with E-state index >= 15 is 0 Å². The van der Waals surface area contributed by atoms with Gasteiger partial charge in [-0.05, 0) is 42.5 Å². The molecule has 0 radical (unpaired) electrons. The summed E-state index contributed by atoms with van der Waals surface area (Å²) in [5.41, 5.74) is 1.77. The average Bonchev–Trinajstić information content (AvgIpc) is 3.36. The monoisotopic (exact) mass is 281 g/mol. The predicted octanol–water partition coefficient (Wildman–Crippen LogP) is 3.41. The van der Waals surface area contributed by atoms with Crippen molar-refractivity contribution in [2.24, 2.45) is 5.92 Å². The third-order valence-electron chi connectivity index (χ3n) is 3.59. The first-order valence-corrected chi connectivity index (χ1v) is 7.36. The van der Waals surface area contributed by atoms with Gasteiger partial charge in [0, 0.05) is 12.1 Å². The number of carbonyl (C=O) groups is 1. The predicted molar refractivity (Wildman–Crippen MR) is 82.3 cm³/mol. The summed E-state index contributed by atoms with van der Waals surface area (Å²) < 4.78 is 5.74. The van der Waals surface area contributed by atoms with Crippen LogP contribution in [0.25, 0.3) is 0 Å². The fourth-order valence-corrected chi connectivity index (χ4v) is 2.13. The molecule has 1 N–H and O–H groups in total. The lowest BCUT2D eigenvalue weighted by Gasteiger charge is -2.08. The number of rotatable bonds is 6. The zero-order valence-electron chi connectivity index (χ0n) is 11.9. The van der Waals surface area contributed by atoms with E-state index in [1.54, 1.807) is 6.07 Å². The van der Waals surface area contributed by atoms with Gasteiger partial charge in [0.25, 0.3) is 5.91 Å². The van der Waals surface area contributed by atoms with Crippen LogP contribution in [0.1, 0.15) is 28.8 Å². The Hall–Kier alpha value is -2.29. The van der Waals surface area contributed by atoms with Gasteiger partial charge in [0.1, 0.15) is 12.4 Å². The van der Waals surface area contributed by atoms with Gasteiger partial charge in [-0.1, -0.05) is 36.4 Å². The standard InChI is InChI=1S/C18H19NO2/c20-18(19-12-14-9-10-14)16-7-4-8-17(11-16)21-13-15-5-2-1-3-6-15/h1-8,11,14H,9-10,12-13H2,(H,19,20). The highest BCUT2D eigenvalue weighted by molar-refractivity contribution is 5.94. The zero-order chi connectivity index (χ0) is 14.5. The number of benzene rings is 2. The van der Waals surface area contributed by atoms with Gasteiger partial charge in [-0.3, -0.25) is 4.79 Å². The molecule has 108 valence electrons. The highest BCUT2D eigenvalue weighted by Gasteiger charge is 2.21. The third-order valence-corrected chi connectivity index (χ3v) is 3.59. The van der Waals surface area contributed by atoms with E-state index in [9.17, 15) is 4.79 Å². The van der Waals surface area contributed by atoms with Crippen LogP contribution >= 0.6 is 0 Å². The second kappa shape index (κ2) is 6.44. The molecule has 3 heteroatoms. The lowest BCUT2D eigenvalue weighted by molar-refractivity contribution is 0.0951. The van der Waals surface area contributed by atoms with Crippen molar-refractivity contribution >= 4 is 5.91 Å². The van der Waals surface area contributed by atoms with Gasteiger partial charge in [0.15, 0.2) is 0 Å². The van der Waals surface area contributed by atoms with Crippen LogP contribution in [0.3, 0.4) is 0 Å². The van der Waals surface area contributed by atoms with Crippen LogP contribution in [-0.4, -0.2) is 12.5 Å². The highest BCUT2D eigenvalue weighted by atomic mass is 16.5. The van der Waals surface area contributed by atoms with E-state index in [4.69, 9.17) is 4.74 Å². The van der Waals surface area contributed by atoms with Gasteiger partial charge in [-0.25, -0.2) is 0 Å². The summed E-state index contributed by atoms with van der Waals surface area (Å²) in [5.74, 6) is 1.39. The fraction of sp³-hybridized carbons (Fsp3) is 0.278. The molecule has 0 saturated heterocycles. The van der Waals surface area contributed by atoms with Gasteiger partial charge in [-0.15, -0.1) is 0 Å². The Balaban J connectivity index is 1.58. The number of hydrogen-bond donors (Lipinski definition) is 1. The molecule has 0 bridgehead atoms. The Labute approximate surface area is 124 Å². The maximum Gasteiger partial charge on any atom is 0.251 e. The molecule has 0 spiro atoms. The molecule has 1 amide bonds. The topological polar surface area (TPSA) is 38.3 Å². The summed E-state index contributed by atoms with van der Waals surface area (Å²) in [5, 5.41) is 2.97. The normalized spacial score (nSPS) is 13.7. The van der Waals surface area contributed by atoms with Crippen LogP contribution in [0, 0.1) is 5.92 Å². The van der Waals surface area contributed by atoms with Gasteiger partial charge < -0.3 is 10.1 Å². The Morgan fingerprint density at radius 1 is 1.10 bits per heavy atom. The minimum atomic E-state index is -0.0212. The molecule has 1 saturated carbocycles. The maximum atomic E-state index is 12.0. The van der Waals surface area contributed by atoms with E-state index in [0.29, 0.717) is 18.1 Å². The lowest BCUT2D eigenvalue weighted by Crippen LogP contribution is -2.25. The summed E-state index contributed by atoms with van der Waals surface area (Å²) >= 11 is 0. The molecule has 2 aromatic rings. The van der Waals surface area contributed by atoms with Gasteiger partial charge in [-0.2, -0.15) is 0 Å². The van der Waals surface area contributed by atoms with Crippen molar-refractivity contribution in [3.05, 3.63) is 65.7 Å². The van der Waals surface area contributed by atoms with Crippen molar-refractivity contribution in [3.8, 4) is 5.75 Å². The molecule has 1 fully saturated rings. The molecule has 0 unspecified atom stereocenters. The van der Waals surface area contributed by atoms with Gasteiger partial charge in [0.2, 0.25) is 0 Å². The summed E-state index contributed by atoms with van der Waals surface area (Å²) in [6.45, 7) is 1.29. The molecule has 3 rings (SSSR count). The summed E-state index contributed by atoms with van der Waals surface area (Å²) in [4.78, 5) is 12.0. The molecule has 0 aromatic heterocycles. The van der Waals surface area contributed by atoms with Crippen LogP contribution < -0.4 is 10.1 Å². The third kappa shape index (κ3) is 4.09. The van der Waals surface area contributed by atoms with E-state index in [1.165, 1.54) is 12.8 Å². The first-order chi connectivity index (χ1) is 10.3. The smallest absolute Gasteiger partial charge is 0.251 e. The van der Waals surface area contributed by atoms with E-state index in [0.717, 1.165) is 17.9 Å². The van der Waals surface area contributed by atoms with Crippen LogP contribution in [0.5, 0.6) is 5.75 Å². The zero-order valence-corrected chi connectivity index (χ0v) is 11.9. The summed E-state index contributed by atoms with van der Waals surface area (Å²) in [7, 11) is 0. The Morgan fingerprint density at radius 2 is 1.90 bits per heavy atom. The Morgan fingerprint density at radius 3 is 2.67 bits per heavy atom. The molecule has 3 nitrogen and oxygen atoms in total. The van der Waals surface area contributed by atoms with Crippen molar-refractivity contribution in [3.63, 3.8) is 0 Å². The molecule has 21 heavy (non-hydrogen) atoms. The van der Waals surface area contributed by atoms with Crippen molar-refractivity contribution in [1.82, 2.24) is 5.32 Å². The molecule has 1 aliphatic carbocycles. The second-order valence-corrected chi connectivity index (χ2v) is 5.46.